The standard InChI is InChI=1S/C12H25NO/c1-4-7-8-9-10-12(5-2,6-3)13-11-14/h11H,4-10H2,1-3H3,(H,13,14). The van der Waals surface area contributed by atoms with Crippen LogP contribution in [0.4, 0.5) is 0 Å². The minimum Gasteiger partial charge on any atom is -0.353 e. The summed E-state index contributed by atoms with van der Waals surface area (Å²) in [5.74, 6) is 0. The number of hydrogen-bond acceptors (Lipinski definition) is 1. The molecule has 0 unspecified atom stereocenters. The highest BCUT2D eigenvalue weighted by molar-refractivity contribution is 5.47. The zero-order valence-corrected chi connectivity index (χ0v) is 9.94. The lowest BCUT2D eigenvalue weighted by molar-refractivity contribution is -0.111. The molecule has 84 valence electrons. The second kappa shape index (κ2) is 7.84. The summed E-state index contributed by atoms with van der Waals surface area (Å²) in [5, 5.41) is 2.99. The van der Waals surface area contributed by atoms with E-state index in [1.165, 1.54) is 25.7 Å². The summed E-state index contributed by atoms with van der Waals surface area (Å²) in [5.41, 5.74) is 0.0650. The number of unbranched alkanes of at least 4 members (excludes halogenated alkanes) is 3. The SMILES string of the molecule is CCCCCCC(CC)(CC)NC=O. The van der Waals surface area contributed by atoms with Crippen molar-refractivity contribution in [3.63, 3.8) is 0 Å². The Labute approximate surface area is 88.5 Å². The monoisotopic (exact) mass is 199 g/mol. The van der Waals surface area contributed by atoms with Crippen LogP contribution in [0.15, 0.2) is 0 Å². The van der Waals surface area contributed by atoms with Crippen LogP contribution in [0.3, 0.4) is 0 Å². The molecule has 14 heavy (non-hydrogen) atoms. The molecule has 1 amide bonds. The van der Waals surface area contributed by atoms with Crippen molar-refractivity contribution in [2.45, 2.75) is 71.3 Å². The minimum absolute atomic E-state index is 0.0650. The molecule has 0 aromatic heterocycles. The smallest absolute Gasteiger partial charge is 0.207 e. The van der Waals surface area contributed by atoms with Gasteiger partial charge in [0.15, 0.2) is 0 Å². The van der Waals surface area contributed by atoms with Crippen LogP contribution in [0.5, 0.6) is 0 Å². The molecule has 0 saturated carbocycles. The van der Waals surface area contributed by atoms with E-state index in [0.29, 0.717) is 0 Å². The van der Waals surface area contributed by atoms with E-state index in [0.717, 1.165) is 25.7 Å². The fraction of sp³-hybridized carbons (Fsp3) is 0.917. The van der Waals surface area contributed by atoms with Crippen molar-refractivity contribution in [1.29, 1.82) is 0 Å². The first-order valence-corrected chi connectivity index (χ1v) is 5.96. The van der Waals surface area contributed by atoms with Crippen LogP contribution in [0.25, 0.3) is 0 Å². The Hall–Kier alpha value is -0.530. The topological polar surface area (TPSA) is 29.1 Å². The molecule has 0 aliphatic rings. The lowest BCUT2D eigenvalue weighted by Gasteiger charge is -2.31. The molecule has 0 radical (unpaired) electrons. The molecule has 0 aromatic rings. The summed E-state index contributed by atoms with van der Waals surface area (Å²) in [7, 11) is 0. The van der Waals surface area contributed by atoms with Gasteiger partial charge in [0.1, 0.15) is 0 Å². The second-order valence-electron chi connectivity index (χ2n) is 4.06. The number of rotatable bonds is 9. The molecule has 0 saturated heterocycles. The third kappa shape index (κ3) is 4.64. The lowest BCUT2D eigenvalue weighted by atomic mass is 9.87. The summed E-state index contributed by atoms with van der Waals surface area (Å²) in [6.07, 6.45) is 9.15. The van der Waals surface area contributed by atoms with Gasteiger partial charge in [0.2, 0.25) is 6.41 Å². The molecule has 0 aliphatic carbocycles. The van der Waals surface area contributed by atoms with Crippen molar-refractivity contribution in [1.82, 2.24) is 5.32 Å². The first kappa shape index (κ1) is 13.5. The Bertz CT molecular complexity index is 141. The molecule has 0 fully saturated rings. The molecule has 0 spiro atoms. The molecule has 2 nitrogen and oxygen atoms in total. The maximum atomic E-state index is 10.5. The van der Waals surface area contributed by atoms with Gasteiger partial charge in [0.25, 0.3) is 0 Å². The van der Waals surface area contributed by atoms with Crippen molar-refractivity contribution < 1.29 is 4.79 Å². The molecule has 1 N–H and O–H groups in total. The lowest BCUT2D eigenvalue weighted by Crippen LogP contribution is -2.43. The maximum Gasteiger partial charge on any atom is 0.207 e. The fourth-order valence-corrected chi connectivity index (χ4v) is 1.90. The third-order valence-electron chi connectivity index (χ3n) is 3.23. The zero-order valence-electron chi connectivity index (χ0n) is 9.94. The van der Waals surface area contributed by atoms with Crippen LogP contribution in [0.2, 0.25) is 0 Å². The number of carbonyl (C=O) groups excluding carboxylic acids is 1. The van der Waals surface area contributed by atoms with Gasteiger partial charge < -0.3 is 5.32 Å². The van der Waals surface area contributed by atoms with Gasteiger partial charge in [-0.15, -0.1) is 0 Å². The van der Waals surface area contributed by atoms with Crippen molar-refractivity contribution >= 4 is 6.41 Å². The number of hydrogen-bond donors (Lipinski definition) is 1. The first-order chi connectivity index (χ1) is 6.74. The second-order valence-corrected chi connectivity index (χ2v) is 4.06. The number of amides is 1. The highest BCUT2D eigenvalue weighted by Crippen LogP contribution is 2.22. The molecule has 0 aliphatic heterocycles. The Morgan fingerprint density at radius 2 is 1.71 bits per heavy atom. The number of nitrogens with one attached hydrogen (secondary N) is 1. The third-order valence-corrected chi connectivity index (χ3v) is 3.23. The Morgan fingerprint density at radius 3 is 2.14 bits per heavy atom. The van der Waals surface area contributed by atoms with Gasteiger partial charge >= 0.3 is 0 Å². The Balaban J connectivity index is 3.87. The van der Waals surface area contributed by atoms with E-state index in [4.69, 9.17) is 0 Å². The van der Waals surface area contributed by atoms with Gasteiger partial charge in [0, 0.05) is 5.54 Å². The van der Waals surface area contributed by atoms with Gasteiger partial charge in [-0.25, -0.2) is 0 Å². The van der Waals surface area contributed by atoms with Crippen molar-refractivity contribution in [2.75, 3.05) is 0 Å². The minimum atomic E-state index is 0.0650. The average Bonchev–Trinajstić information content (AvgIpc) is 2.23. The van der Waals surface area contributed by atoms with E-state index in [1.807, 2.05) is 0 Å². The molecule has 0 aromatic carbocycles. The van der Waals surface area contributed by atoms with Gasteiger partial charge in [-0.3, -0.25) is 4.79 Å². The van der Waals surface area contributed by atoms with E-state index in [9.17, 15) is 4.79 Å². The molecular formula is C12H25NO. The van der Waals surface area contributed by atoms with Crippen LogP contribution in [0, 0.1) is 0 Å². The maximum absolute atomic E-state index is 10.5. The number of carbonyl (C=O) groups is 1. The zero-order chi connectivity index (χ0) is 10.9. The van der Waals surface area contributed by atoms with Gasteiger partial charge in [-0.1, -0.05) is 46.5 Å². The molecular weight excluding hydrogens is 174 g/mol. The van der Waals surface area contributed by atoms with E-state index in [2.05, 4.69) is 26.1 Å². The summed E-state index contributed by atoms with van der Waals surface area (Å²) < 4.78 is 0. The predicted molar refractivity (Wildman–Crippen MR) is 61.3 cm³/mol. The molecule has 0 bridgehead atoms. The molecule has 0 rings (SSSR count). The summed E-state index contributed by atoms with van der Waals surface area (Å²) in [6.45, 7) is 6.52. The normalized spacial score (nSPS) is 11.4. The van der Waals surface area contributed by atoms with Gasteiger partial charge in [0.05, 0.1) is 0 Å². The highest BCUT2D eigenvalue weighted by Gasteiger charge is 2.23. The van der Waals surface area contributed by atoms with Crippen molar-refractivity contribution in [3.8, 4) is 0 Å². The van der Waals surface area contributed by atoms with Crippen LogP contribution in [0.1, 0.15) is 65.7 Å². The van der Waals surface area contributed by atoms with Crippen LogP contribution >= 0.6 is 0 Å². The van der Waals surface area contributed by atoms with Crippen LogP contribution in [-0.2, 0) is 4.79 Å². The van der Waals surface area contributed by atoms with Crippen LogP contribution in [-0.4, -0.2) is 11.9 Å². The summed E-state index contributed by atoms with van der Waals surface area (Å²) in [6, 6.07) is 0. The van der Waals surface area contributed by atoms with E-state index >= 15 is 0 Å². The van der Waals surface area contributed by atoms with Gasteiger partial charge in [-0.05, 0) is 19.3 Å². The predicted octanol–water partition coefficient (Wildman–Crippen LogP) is 3.26. The average molecular weight is 199 g/mol. The van der Waals surface area contributed by atoms with E-state index in [-0.39, 0.29) is 5.54 Å². The van der Waals surface area contributed by atoms with Gasteiger partial charge in [-0.2, -0.15) is 0 Å². The fourth-order valence-electron chi connectivity index (χ4n) is 1.90. The van der Waals surface area contributed by atoms with E-state index in [1.54, 1.807) is 0 Å². The van der Waals surface area contributed by atoms with Crippen LogP contribution < -0.4 is 5.32 Å². The van der Waals surface area contributed by atoms with Crippen molar-refractivity contribution in [2.24, 2.45) is 0 Å². The Kier molecular flexibility index (Phi) is 7.54. The molecule has 0 heterocycles. The van der Waals surface area contributed by atoms with Crippen molar-refractivity contribution in [3.05, 3.63) is 0 Å². The molecule has 2 heteroatoms. The first-order valence-electron chi connectivity index (χ1n) is 5.96. The molecule has 0 atom stereocenters. The summed E-state index contributed by atoms with van der Waals surface area (Å²) >= 11 is 0. The largest absolute Gasteiger partial charge is 0.353 e. The van der Waals surface area contributed by atoms with E-state index < -0.39 is 0 Å². The highest BCUT2D eigenvalue weighted by atomic mass is 16.1. The quantitative estimate of drug-likeness (QED) is 0.448. The Morgan fingerprint density at radius 1 is 1.07 bits per heavy atom. The summed E-state index contributed by atoms with van der Waals surface area (Å²) in [4.78, 5) is 10.5.